The maximum atomic E-state index is 11.9. The summed E-state index contributed by atoms with van der Waals surface area (Å²) < 4.78 is 0. The lowest BCUT2D eigenvalue weighted by Crippen LogP contribution is -2.58. The van der Waals surface area contributed by atoms with E-state index in [-0.39, 0.29) is 5.54 Å². The van der Waals surface area contributed by atoms with E-state index in [0.717, 1.165) is 13.1 Å². The molecular formula is C12H23N3O4. The number of urea groups is 1. The molecule has 2 amide bonds. The van der Waals surface area contributed by atoms with Crippen LogP contribution in [-0.4, -0.2) is 76.4 Å². The van der Waals surface area contributed by atoms with E-state index in [9.17, 15) is 9.59 Å². The molecule has 3 N–H and O–H groups in total. The fourth-order valence-corrected chi connectivity index (χ4v) is 2.01. The SMILES string of the molecule is CC(C)(C)N1CCN(C(=O)N[C@@H](CO)C(=O)O)CC1. The van der Waals surface area contributed by atoms with E-state index >= 15 is 0 Å². The normalized spacial score (nSPS) is 19.1. The number of hydrogen-bond acceptors (Lipinski definition) is 4. The van der Waals surface area contributed by atoms with Gasteiger partial charge in [0.25, 0.3) is 0 Å². The van der Waals surface area contributed by atoms with Gasteiger partial charge in [-0.3, -0.25) is 4.90 Å². The van der Waals surface area contributed by atoms with Crippen LogP contribution in [0, 0.1) is 0 Å². The highest BCUT2D eigenvalue weighted by atomic mass is 16.4. The van der Waals surface area contributed by atoms with Crippen LogP contribution in [0.25, 0.3) is 0 Å². The van der Waals surface area contributed by atoms with Crippen molar-refractivity contribution >= 4 is 12.0 Å². The van der Waals surface area contributed by atoms with Gasteiger partial charge in [-0.1, -0.05) is 0 Å². The predicted molar refractivity (Wildman–Crippen MR) is 69.9 cm³/mol. The summed E-state index contributed by atoms with van der Waals surface area (Å²) in [7, 11) is 0. The second kappa shape index (κ2) is 6.21. The summed E-state index contributed by atoms with van der Waals surface area (Å²) in [4.78, 5) is 26.4. The molecule has 19 heavy (non-hydrogen) atoms. The molecule has 1 fully saturated rings. The molecule has 1 saturated heterocycles. The zero-order chi connectivity index (χ0) is 14.6. The summed E-state index contributed by atoms with van der Waals surface area (Å²) in [6, 6.07) is -1.68. The molecule has 110 valence electrons. The first-order valence-electron chi connectivity index (χ1n) is 6.40. The van der Waals surface area contributed by atoms with Crippen molar-refractivity contribution in [2.45, 2.75) is 32.4 Å². The standard InChI is InChI=1S/C12H23N3O4/c1-12(2,3)15-6-4-14(5-7-15)11(19)13-9(8-16)10(17)18/h9,16H,4-8H2,1-3H3,(H,13,19)(H,17,18)/t9-/m0/s1. The summed E-state index contributed by atoms with van der Waals surface area (Å²) in [5, 5.41) is 19.9. The Kier molecular flexibility index (Phi) is 5.13. The Labute approximate surface area is 113 Å². The molecule has 0 aliphatic carbocycles. The lowest BCUT2D eigenvalue weighted by atomic mass is 10.1. The molecule has 0 spiro atoms. The van der Waals surface area contributed by atoms with E-state index in [4.69, 9.17) is 10.2 Å². The van der Waals surface area contributed by atoms with Crippen LogP contribution in [0.1, 0.15) is 20.8 Å². The Bertz CT molecular complexity index is 332. The van der Waals surface area contributed by atoms with E-state index in [1.54, 1.807) is 4.90 Å². The fraction of sp³-hybridized carbons (Fsp3) is 0.833. The minimum atomic E-state index is -1.24. The third kappa shape index (κ3) is 4.36. The van der Waals surface area contributed by atoms with Gasteiger partial charge in [0.05, 0.1) is 6.61 Å². The second-order valence-corrected chi connectivity index (χ2v) is 5.67. The maximum absolute atomic E-state index is 11.9. The highest BCUT2D eigenvalue weighted by Crippen LogP contribution is 2.15. The molecule has 0 aromatic heterocycles. The van der Waals surface area contributed by atoms with Gasteiger partial charge >= 0.3 is 12.0 Å². The number of hydrogen-bond donors (Lipinski definition) is 3. The summed E-state index contributed by atoms with van der Waals surface area (Å²) in [6.07, 6.45) is 0. The number of carboxylic acids is 1. The number of amides is 2. The number of aliphatic hydroxyl groups is 1. The molecule has 0 radical (unpaired) electrons. The Balaban J connectivity index is 2.47. The molecule has 0 bridgehead atoms. The van der Waals surface area contributed by atoms with Crippen LogP contribution in [0.5, 0.6) is 0 Å². The molecule has 1 heterocycles. The highest BCUT2D eigenvalue weighted by Gasteiger charge is 2.29. The van der Waals surface area contributed by atoms with E-state index in [0.29, 0.717) is 13.1 Å². The summed E-state index contributed by atoms with van der Waals surface area (Å²) in [5.74, 6) is -1.23. The van der Waals surface area contributed by atoms with Gasteiger partial charge in [0.1, 0.15) is 0 Å². The van der Waals surface area contributed by atoms with E-state index in [2.05, 4.69) is 31.0 Å². The van der Waals surface area contributed by atoms with Gasteiger partial charge in [-0.05, 0) is 20.8 Å². The first-order valence-corrected chi connectivity index (χ1v) is 6.40. The van der Waals surface area contributed by atoms with Gasteiger partial charge in [0.2, 0.25) is 0 Å². The van der Waals surface area contributed by atoms with Crippen LogP contribution >= 0.6 is 0 Å². The lowest BCUT2D eigenvalue weighted by Gasteiger charge is -2.42. The van der Waals surface area contributed by atoms with E-state index in [1.165, 1.54) is 0 Å². The van der Waals surface area contributed by atoms with Crippen molar-refractivity contribution in [2.24, 2.45) is 0 Å². The van der Waals surface area contributed by atoms with Crippen molar-refractivity contribution in [2.75, 3.05) is 32.8 Å². The van der Waals surface area contributed by atoms with Crippen LogP contribution in [0.4, 0.5) is 4.79 Å². The minimum absolute atomic E-state index is 0.0667. The molecule has 0 aromatic carbocycles. The molecule has 1 aliphatic rings. The van der Waals surface area contributed by atoms with Gasteiger partial charge in [-0.25, -0.2) is 9.59 Å². The predicted octanol–water partition coefficient (Wildman–Crippen LogP) is -0.442. The van der Waals surface area contributed by atoms with Crippen molar-refractivity contribution in [1.29, 1.82) is 0 Å². The minimum Gasteiger partial charge on any atom is -0.480 e. The second-order valence-electron chi connectivity index (χ2n) is 5.67. The van der Waals surface area contributed by atoms with Gasteiger partial charge in [-0.15, -0.1) is 0 Å². The smallest absolute Gasteiger partial charge is 0.328 e. The molecule has 1 atom stereocenters. The summed E-state index contributed by atoms with van der Waals surface area (Å²) in [6.45, 7) is 8.38. The molecule has 0 unspecified atom stereocenters. The topological polar surface area (TPSA) is 93.1 Å². The van der Waals surface area contributed by atoms with Crippen LogP contribution in [0.15, 0.2) is 0 Å². The number of carbonyl (C=O) groups excluding carboxylic acids is 1. The molecule has 7 heteroatoms. The summed E-state index contributed by atoms with van der Waals surface area (Å²) in [5.41, 5.74) is 0.0667. The number of nitrogens with one attached hydrogen (secondary N) is 1. The maximum Gasteiger partial charge on any atom is 0.328 e. The van der Waals surface area contributed by atoms with Gasteiger partial charge < -0.3 is 20.4 Å². The first kappa shape index (κ1) is 15.7. The average molecular weight is 273 g/mol. The Morgan fingerprint density at radius 1 is 1.21 bits per heavy atom. The van der Waals surface area contributed by atoms with Crippen molar-refractivity contribution in [3.63, 3.8) is 0 Å². The Morgan fingerprint density at radius 3 is 2.11 bits per heavy atom. The van der Waals surface area contributed by atoms with E-state index < -0.39 is 24.6 Å². The number of piperazine rings is 1. The Hall–Kier alpha value is -1.34. The molecule has 7 nitrogen and oxygen atoms in total. The van der Waals surface area contributed by atoms with Gasteiger partial charge in [0, 0.05) is 31.7 Å². The largest absolute Gasteiger partial charge is 0.480 e. The number of aliphatic carboxylic acids is 1. The number of carboxylic acid groups (broad SMARTS) is 1. The lowest BCUT2D eigenvalue weighted by molar-refractivity contribution is -0.140. The van der Waals surface area contributed by atoms with Crippen molar-refractivity contribution in [3.05, 3.63) is 0 Å². The van der Waals surface area contributed by atoms with Crippen molar-refractivity contribution in [1.82, 2.24) is 15.1 Å². The van der Waals surface area contributed by atoms with Crippen molar-refractivity contribution in [3.8, 4) is 0 Å². The molecule has 1 rings (SSSR count). The van der Waals surface area contributed by atoms with E-state index in [1.807, 2.05) is 0 Å². The third-order valence-corrected chi connectivity index (χ3v) is 3.29. The third-order valence-electron chi connectivity index (χ3n) is 3.29. The number of nitrogens with zero attached hydrogens (tertiary/aromatic N) is 2. The van der Waals surface area contributed by atoms with Crippen LogP contribution in [-0.2, 0) is 4.79 Å². The number of aliphatic hydroxyl groups excluding tert-OH is 1. The summed E-state index contributed by atoms with van der Waals surface area (Å²) >= 11 is 0. The zero-order valence-electron chi connectivity index (χ0n) is 11.7. The van der Waals surface area contributed by atoms with Gasteiger partial charge in [0.15, 0.2) is 6.04 Å². The molecular weight excluding hydrogens is 250 g/mol. The molecule has 1 aliphatic heterocycles. The quantitative estimate of drug-likeness (QED) is 0.648. The number of carbonyl (C=O) groups is 2. The van der Waals surface area contributed by atoms with Gasteiger partial charge in [-0.2, -0.15) is 0 Å². The zero-order valence-corrected chi connectivity index (χ0v) is 11.7. The van der Waals surface area contributed by atoms with Crippen LogP contribution < -0.4 is 5.32 Å². The van der Waals surface area contributed by atoms with Crippen molar-refractivity contribution < 1.29 is 19.8 Å². The average Bonchev–Trinajstić information content (AvgIpc) is 2.34. The number of rotatable bonds is 3. The van der Waals surface area contributed by atoms with Crippen LogP contribution in [0.3, 0.4) is 0 Å². The molecule has 0 aromatic rings. The first-order chi connectivity index (χ1) is 8.75. The van der Waals surface area contributed by atoms with Crippen LogP contribution in [0.2, 0.25) is 0 Å². The highest BCUT2D eigenvalue weighted by molar-refractivity contribution is 5.82. The Morgan fingerprint density at radius 2 is 1.74 bits per heavy atom. The fourth-order valence-electron chi connectivity index (χ4n) is 2.01. The molecule has 0 saturated carbocycles. The monoisotopic (exact) mass is 273 g/mol.